The first-order chi connectivity index (χ1) is 11.7. The first kappa shape index (κ1) is 15.0. The van der Waals surface area contributed by atoms with Crippen molar-refractivity contribution in [3.05, 3.63) is 17.5 Å². The second-order valence-electron chi connectivity index (χ2n) is 7.87. The Morgan fingerprint density at radius 1 is 1.29 bits per heavy atom. The molecule has 0 aliphatic carbocycles. The van der Waals surface area contributed by atoms with E-state index in [1.165, 1.54) is 31.4 Å². The number of likely N-dealkylation sites (tertiary alicyclic amines) is 1. The molecule has 6 heteroatoms. The molecule has 5 rings (SSSR count). The smallest absolute Gasteiger partial charge is 0.220 e. The number of aromatic nitrogens is 2. The number of hydrogen-bond donors (Lipinski definition) is 1. The number of ether oxygens (including phenoxy) is 2. The predicted molar refractivity (Wildman–Crippen MR) is 89.5 cm³/mol. The van der Waals surface area contributed by atoms with Crippen molar-refractivity contribution < 1.29 is 9.47 Å². The van der Waals surface area contributed by atoms with Crippen molar-refractivity contribution in [3.63, 3.8) is 0 Å². The van der Waals surface area contributed by atoms with Gasteiger partial charge in [-0.25, -0.2) is 9.97 Å². The van der Waals surface area contributed by atoms with E-state index in [-0.39, 0.29) is 5.60 Å². The van der Waals surface area contributed by atoms with Gasteiger partial charge in [0.1, 0.15) is 5.60 Å². The third-order valence-electron chi connectivity index (χ3n) is 6.45. The van der Waals surface area contributed by atoms with Gasteiger partial charge in [0, 0.05) is 31.7 Å². The molecule has 5 heterocycles. The van der Waals surface area contributed by atoms with Crippen LogP contribution in [0.4, 0.5) is 5.95 Å². The number of fused-ring (bicyclic) bond motifs is 4. The first-order valence-electron chi connectivity index (χ1n) is 9.35. The highest BCUT2D eigenvalue weighted by atomic mass is 16.5. The van der Waals surface area contributed by atoms with Crippen molar-refractivity contribution in [1.82, 2.24) is 14.9 Å². The molecule has 6 nitrogen and oxygen atoms in total. The number of rotatable bonds is 2. The highest BCUT2D eigenvalue weighted by Crippen LogP contribution is 2.42. The lowest BCUT2D eigenvalue weighted by molar-refractivity contribution is -0.103. The lowest BCUT2D eigenvalue weighted by Crippen LogP contribution is -2.48. The van der Waals surface area contributed by atoms with Crippen LogP contribution in [0.3, 0.4) is 0 Å². The summed E-state index contributed by atoms with van der Waals surface area (Å²) in [5.74, 6) is 1.09. The van der Waals surface area contributed by atoms with Crippen molar-refractivity contribution in [3.8, 4) is 0 Å². The summed E-state index contributed by atoms with van der Waals surface area (Å²) < 4.78 is 12.3. The maximum Gasteiger partial charge on any atom is 0.220 e. The van der Waals surface area contributed by atoms with Gasteiger partial charge in [-0.2, -0.15) is 0 Å². The fraction of sp³-hybridized carbons (Fsp3) is 0.778. The van der Waals surface area contributed by atoms with Crippen molar-refractivity contribution in [2.75, 3.05) is 32.0 Å². The van der Waals surface area contributed by atoms with Crippen LogP contribution in [0.1, 0.15) is 43.4 Å². The van der Waals surface area contributed by atoms with Gasteiger partial charge in [-0.1, -0.05) is 0 Å². The van der Waals surface area contributed by atoms with Gasteiger partial charge in [-0.05, 0) is 44.1 Å². The number of nitrogen functional groups attached to an aromatic ring is 1. The second kappa shape index (κ2) is 5.64. The average Bonchev–Trinajstić information content (AvgIpc) is 3.21. The quantitative estimate of drug-likeness (QED) is 0.886. The Bertz CT molecular complexity index is 629. The molecule has 4 aliphatic heterocycles. The zero-order valence-corrected chi connectivity index (χ0v) is 14.1. The van der Waals surface area contributed by atoms with Crippen LogP contribution in [-0.4, -0.2) is 53.3 Å². The minimum atomic E-state index is -0.244. The highest BCUT2D eigenvalue weighted by Gasteiger charge is 2.45. The van der Waals surface area contributed by atoms with Crippen LogP contribution in [-0.2, 0) is 21.5 Å². The first-order valence-corrected chi connectivity index (χ1v) is 9.35. The molecule has 1 aromatic heterocycles. The molecule has 24 heavy (non-hydrogen) atoms. The van der Waals surface area contributed by atoms with Crippen molar-refractivity contribution >= 4 is 5.95 Å². The fourth-order valence-corrected chi connectivity index (χ4v) is 5.17. The summed E-state index contributed by atoms with van der Waals surface area (Å²) >= 11 is 0. The largest absolute Gasteiger partial charge is 0.375 e. The van der Waals surface area contributed by atoms with Crippen LogP contribution in [0, 0.1) is 5.92 Å². The van der Waals surface area contributed by atoms with E-state index in [2.05, 4.69) is 14.9 Å². The Morgan fingerprint density at radius 3 is 2.92 bits per heavy atom. The highest BCUT2D eigenvalue weighted by molar-refractivity contribution is 5.32. The van der Waals surface area contributed by atoms with Gasteiger partial charge in [0.25, 0.3) is 0 Å². The van der Waals surface area contributed by atoms with Gasteiger partial charge in [0.15, 0.2) is 0 Å². The maximum absolute atomic E-state index is 6.26. The second-order valence-corrected chi connectivity index (χ2v) is 7.87. The lowest BCUT2D eigenvalue weighted by atomic mass is 9.82. The van der Waals surface area contributed by atoms with Gasteiger partial charge in [0.05, 0.1) is 24.5 Å². The molecule has 0 unspecified atom stereocenters. The van der Waals surface area contributed by atoms with E-state index in [9.17, 15) is 0 Å². The Kier molecular flexibility index (Phi) is 3.54. The molecule has 0 amide bonds. The summed E-state index contributed by atoms with van der Waals surface area (Å²) in [5, 5.41) is 0. The van der Waals surface area contributed by atoms with Crippen LogP contribution in [0.15, 0.2) is 6.20 Å². The summed E-state index contributed by atoms with van der Waals surface area (Å²) in [7, 11) is 0. The molecule has 130 valence electrons. The molecule has 1 spiro atoms. The van der Waals surface area contributed by atoms with Gasteiger partial charge >= 0.3 is 0 Å². The van der Waals surface area contributed by atoms with Crippen molar-refractivity contribution in [2.45, 2.75) is 56.3 Å². The molecule has 3 fully saturated rings. The summed E-state index contributed by atoms with van der Waals surface area (Å²) in [6, 6.07) is 0. The Labute approximate surface area is 142 Å². The van der Waals surface area contributed by atoms with Crippen LogP contribution >= 0.6 is 0 Å². The Morgan fingerprint density at radius 2 is 2.17 bits per heavy atom. The molecule has 4 aliphatic rings. The number of nitrogens with two attached hydrogens (primary N) is 1. The maximum atomic E-state index is 6.26. The van der Waals surface area contributed by atoms with Crippen LogP contribution in [0.25, 0.3) is 0 Å². The minimum absolute atomic E-state index is 0.244. The molecule has 0 saturated carbocycles. The van der Waals surface area contributed by atoms with E-state index < -0.39 is 0 Å². The van der Waals surface area contributed by atoms with Gasteiger partial charge in [-0.3, -0.25) is 0 Å². The number of anilines is 1. The Hall–Kier alpha value is -1.24. The predicted octanol–water partition coefficient (Wildman–Crippen LogP) is 1.49. The molecule has 0 radical (unpaired) electrons. The fourth-order valence-electron chi connectivity index (χ4n) is 5.17. The van der Waals surface area contributed by atoms with E-state index in [0.717, 1.165) is 50.6 Å². The van der Waals surface area contributed by atoms with Gasteiger partial charge < -0.3 is 20.1 Å². The van der Waals surface area contributed by atoms with Crippen LogP contribution in [0.2, 0.25) is 0 Å². The molecule has 0 aromatic carbocycles. The summed E-state index contributed by atoms with van der Waals surface area (Å²) in [4.78, 5) is 11.3. The van der Waals surface area contributed by atoms with Crippen LogP contribution in [0.5, 0.6) is 0 Å². The molecule has 2 bridgehead atoms. The zero-order chi connectivity index (χ0) is 16.1. The Balaban J connectivity index is 1.28. The van der Waals surface area contributed by atoms with E-state index in [0.29, 0.717) is 18.2 Å². The normalized spacial score (nSPS) is 34.6. The van der Waals surface area contributed by atoms with Gasteiger partial charge in [-0.15, -0.1) is 0 Å². The van der Waals surface area contributed by atoms with Crippen molar-refractivity contribution in [2.24, 2.45) is 5.92 Å². The molecule has 3 atom stereocenters. The molecule has 2 N–H and O–H groups in total. The average molecular weight is 330 g/mol. The molecule has 1 aromatic rings. The molecular formula is C18H26N4O2. The lowest BCUT2D eigenvalue weighted by Gasteiger charge is -2.44. The third-order valence-corrected chi connectivity index (χ3v) is 6.45. The van der Waals surface area contributed by atoms with E-state index in [1.807, 2.05) is 6.20 Å². The van der Waals surface area contributed by atoms with Gasteiger partial charge in [0.2, 0.25) is 5.95 Å². The number of nitrogens with zero attached hydrogens (tertiary/aromatic N) is 3. The molecular weight excluding hydrogens is 304 g/mol. The molecule has 3 saturated heterocycles. The SMILES string of the molecule is Nc1ncc2c(n1)C1(CCN(C[C@H]3C[C@@H]4CC[C@H]3O4)CC1)OCC2. The summed E-state index contributed by atoms with van der Waals surface area (Å²) in [6.07, 6.45) is 9.64. The topological polar surface area (TPSA) is 73.5 Å². The van der Waals surface area contributed by atoms with E-state index in [1.54, 1.807) is 0 Å². The minimum Gasteiger partial charge on any atom is -0.375 e. The standard InChI is InChI=1S/C18H26N4O2/c19-17-20-10-12-3-8-23-18(16(12)21-17)4-6-22(7-5-18)11-13-9-14-1-2-15(13)24-14/h10,13-15H,1-9,11H2,(H2,19,20,21)/t13-,14+,15-/m1/s1. The number of piperidine rings is 1. The number of hydrogen-bond acceptors (Lipinski definition) is 6. The van der Waals surface area contributed by atoms with Crippen molar-refractivity contribution in [1.29, 1.82) is 0 Å². The summed E-state index contributed by atoms with van der Waals surface area (Å²) in [6.45, 7) is 4.07. The van der Waals surface area contributed by atoms with E-state index >= 15 is 0 Å². The monoisotopic (exact) mass is 330 g/mol. The van der Waals surface area contributed by atoms with E-state index in [4.69, 9.17) is 15.2 Å². The third kappa shape index (κ3) is 2.43. The van der Waals surface area contributed by atoms with Crippen LogP contribution < -0.4 is 5.73 Å². The zero-order valence-electron chi connectivity index (χ0n) is 14.1. The summed E-state index contributed by atoms with van der Waals surface area (Å²) in [5.41, 5.74) is 7.86.